The van der Waals surface area contributed by atoms with Crippen LogP contribution in [-0.2, 0) is 5.41 Å². The lowest BCUT2D eigenvalue weighted by atomic mass is 9.67. The number of imide groups is 2. The molecule has 0 saturated carbocycles. The number of hydrogen-bond donors (Lipinski definition) is 0. The van der Waals surface area contributed by atoms with E-state index in [4.69, 9.17) is 4.74 Å². The molecule has 6 aromatic rings. The first-order valence-electron chi connectivity index (χ1n) is 16.3. The summed E-state index contributed by atoms with van der Waals surface area (Å²) in [6, 6.07) is 42.7. The number of anilines is 1. The zero-order chi connectivity index (χ0) is 34.3. The van der Waals surface area contributed by atoms with Crippen LogP contribution in [0.2, 0.25) is 0 Å². The summed E-state index contributed by atoms with van der Waals surface area (Å²) in [5.74, 6) is -1.31. The average molecular weight is 653 g/mol. The van der Waals surface area contributed by atoms with Crippen LogP contribution in [0.1, 0.15) is 69.2 Å². The maximum absolute atomic E-state index is 13.9. The summed E-state index contributed by atoms with van der Waals surface area (Å²) in [5.41, 5.74) is 8.73. The number of aryl methyl sites for hydroxylation is 1. The minimum absolute atomic E-state index is 0.167. The van der Waals surface area contributed by atoms with Crippen LogP contribution in [-0.4, -0.2) is 35.6 Å². The smallest absolute Gasteiger partial charge is 0.266 e. The van der Waals surface area contributed by atoms with Crippen molar-refractivity contribution in [2.75, 3.05) is 11.9 Å². The molecule has 7 heteroatoms. The van der Waals surface area contributed by atoms with Crippen LogP contribution in [0.5, 0.6) is 11.5 Å². The number of ether oxygens (including phenoxy) is 1. The van der Waals surface area contributed by atoms with Gasteiger partial charge in [0.05, 0.1) is 33.4 Å². The molecule has 0 saturated heterocycles. The number of amides is 4. The number of nitrogens with zero attached hydrogens (tertiary/aromatic N) is 2. The maximum atomic E-state index is 13.9. The Balaban J connectivity index is 1.09. The lowest BCUT2D eigenvalue weighted by Crippen LogP contribution is -2.30. The molecule has 3 aliphatic rings. The SMILES string of the molecule is Cc1ccc(C2(c3ccc(N4C(=O)c5ccc(Oc6cccc7c6C(=O)N(C)C7=O)cc5C4=O)cc3)c3ccccc3-c3ccccc32)cc1. The number of carbonyl (C=O) groups is 4. The average Bonchev–Trinajstić information content (AvgIpc) is 3.67. The van der Waals surface area contributed by atoms with Gasteiger partial charge in [0.25, 0.3) is 23.6 Å². The van der Waals surface area contributed by atoms with Crippen LogP contribution in [0.3, 0.4) is 0 Å². The van der Waals surface area contributed by atoms with Gasteiger partial charge in [-0.1, -0.05) is 96.6 Å². The van der Waals surface area contributed by atoms with E-state index in [0.717, 1.165) is 16.0 Å². The monoisotopic (exact) mass is 652 g/mol. The van der Waals surface area contributed by atoms with Crippen molar-refractivity contribution in [1.82, 2.24) is 4.90 Å². The van der Waals surface area contributed by atoms with Crippen LogP contribution < -0.4 is 9.64 Å². The predicted octanol–water partition coefficient (Wildman–Crippen LogP) is 8.18. The van der Waals surface area contributed by atoms with Crippen LogP contribution in [0.25, 0.3) is 11.1 Å². The van der Waals surface area contributed by atoms with Crippen LogP contribution in [0.15, 0.2) is 133 Å². The molecule has 2 aliphatic heterocycles. The Morgan fingerprint density at radius 3 is 1.76 bits per heavy atom. The molecule has 0 aromatic heterocycles. The van der Waals surface area contributed by atoms with E-state index in [2.05, 4.69) is 79.7 Å². The fourth-order valence-electron chi connectivity index (χ4n) is 7.79. The lowest BCUT2D eigenvalue weighted by Gasteiger charge is -2.34. The largest absolute Gasteiger partial charge is 0.456 e. The van der Waals surface area contributed by atoms with Crippen molar-refractivity contribution in [2.24, 2.45) is 0 Å². The van der Waals surface area contributed by atoms with Crippen molar-refractivity contribution in [3.63, 3.8) is 0 Å². The first-order valence-corrected chi connectivity index (χ1v) is 16.3. The normalized spacial score (nSPS) is 15.2. The first-order chi connectivity index (χ1) is 24.3. The second-order valence-electron chi connectivity index (χ2n) is 12.9. The Morgan fingerprint density at radius 1 is 0.520 bits per heavy atom. The van der Waals surface area contributed by atoms with Gasteiger partial charge in [0.1, 0.15) is 11.5 Å². The van der Waals surface area contributed by atoms with E-state index >= 15 is 0 Å². The Morgan fingerprint density at radius 2 is 1.10 bits per heavy atom. The zero-order valence-electron chi connectivity index (χ0n) is 27.1. The van der Waals surface area contributed by atoms with E-state index in [0.29, 0.717) is 5.69 Å². The molecule has 0 fully saturated rings. The summed E-state index contributed by atoms with van der Waals surface area (Å²) in [4.78, 5) is 55.0. The van der Waals surface area contributed by atoms with E-state index in [1.807, 2.05) is 24.3 Å². The summed E-state index contributed by atoms with van der Waals surface area (Å²) >= 11 is 0. The molecule has 0 unspecified atom stereocenters. The molecule has 50 heavy (non-hydrogen) atoms. The van der Waals surface area contributed by atoms with Gasteiger partial charge in [0, 0.05) is 7.05 Å². The molecule has 7 nitrogen and oxygen atoms in total. The van der Waals surface area contributed by atoms with Gasteiger partial charge in [0.15, 0.2) is 0 Å². The molecule has 0 radical (unpaired) electrons. The molecule has 9 rings (SSSR count). The van der Waals surface area contributed by atoms with Gasteiger partial charge in [-0.05, 0) is 82.8 Å². The van der Waals surface area contributed by atoms with Crippen molar-refractivity contribution >= 4 is 29.3 Å². The van der Waals surface area contributed by atoms with Crippen molar-refractivity contribution in [3.05, 3.63) is 184 Å². The van der Waals surface area contributed by atoms with Crippen molar-refractivity contribution < 1.29 is 23.9 Å². The second kappa shape index (κ2) is 10.7. The number of benzene rings is 6. The molecule has 0 spiro atoms. The highest BCUT2D eigenvalue weighted by molar-refractivity contribution is 6.34. The fraction of sp³-hybridized carbons (Fsp3) is 0.0698. The van der Waals surface area contributed by atoms with Gasteiger partial charge in [-0.2, -0.15) is 0 Å². The molecule has 6 aromatic carbocycles. The first kappa shape index (κ1) is 29.5. The van der Waals surface area contributed by atoms with Crippen molar-refractivity contribution in [3.8, 4) is 22.6 Å². The van der Waals surface area contributed by atoms with Gasteiger partial charge in [0.2, 0.25) is 0 Å². The van der Waals surface area contributed by atoms with Gasteiger partial charge in [-0.25, -0.2) is 4.90 Å². The van der Waals surface area contributed by atoms with Crippen LogP contribution >= 0.6 is 0 Å². The standard InChI is InChI=1S/C43H28N2O5/c1-25-14-16-26(17-15-25)43(35-11-5-3-8-30(35)31-9-4-6-12-36(31)43)27-18-20-28(21-19-27)45-40(47)32-23-22-29(24-34(32)41(45)48)50-37-13-7-10-33-38(37)42(49)44(2)39(33)46/h3-24H,1-2H3. The highest BCUT2D eigenvalue weighted by atomic mass is 16.5. The molecular formula is C43H28N2O5. The summed E-state index contributed by atoms with van der Waals surface area (Å²) < 4.78 is 6.05. The highest BCUT2D eigenvalue weighted by Crippen LogP contribution is 2.56. The number of carbonyl (C=O) groups excluding carboxylic acids is 4. The molecule has 1 aliphatic carbocycles. The van der Waals surface area contributed by atoms with Gasteiger partial charge in [-0.3, -0.25) is 24.1 Å². The van der Waals surface area contributed by atoms with Crippen molar-refractivity contribution in [1.29, 1.82) is 0 Å². The molecule has 240 valence electrons. The fourth-order valence-corrected chi connectivity index (χ4v) is 7.79. The summed E-state index contributed by atoms with van der Waals surface area (Å²) in [5, 5.41) is 0. The third-order valence-electron chi connectivity index (χ3n) is 10.2. The number of fused-ring (bicyclic) bond motifs is 5. The van der Waals surface area contributed by atoms with Crippen LogP contribution in [0.4, 0.5) is 5.69 Å². The predicted molar refractivity (Wildman–Crippen MR) is 189 cm³/mol. The minimum atomic E-state index is -0.605. The van der Waals surface area contributed by atoms with E-state index in [1.165, 1.54) is 45.8 Å². The lowest BCUT2D eigenvalue weighted by molar-refractivity contribution is 0.0691. The maximum Gasteiger partial charge on any atom is 0.266 e. The Labute approximate surface area is 288 Å². The molecule has 4 amide bonds. The topological polar surface area (TPSA) is 84.0 Å². The highest BCUT2D eigenvalue weighted by Gasteiger charge is 2.46. The third-order valence-corrected chi connectivity index (χ3v) is 10.2. The Bertz CT molecular complexity index is 2420. The molecular weight excluding hydrogens is 624 g/mol. The van der Waals surface area contributed by atoms with E-state index in [9.17, 15) is 19.2 Å². The summed E-state index contributed by atoms with van der Waals surface area (Å²) in [6.45, 7) is 2.08. The Hall–Kier alpha value is -6.60. The van der Waals surface area contributed by atoms with Gasteiger partial charge >= 0.3 is 0 Å². The van der Waals surface area contributed by atoms with Gasteiger partial charge < -0.3 is 4.74 Å². The Kier molecular flexibility index (Phi) is 6.32. The van der Waals surface area contributed by atoms with Gasteiger partial charge in [-0.15, -0.1) is 0 Å². The molecule has 0 atom stereocenters. The minimum Gasteiger partial charge on any atom is -0.456 e. The molecule has 2 heterocycles. The zero-order valence-corrected chi connectivity index (χ0v) is 27.1. The number of rotatable bonds is 5. The van der Waals surface area contributed by atoms with Crippen LogP contribution in [0, 0.1) is 6.92 Å². The molecule has 0 bridgehead atoms. The van der Waals surface area contributed by atoms with E-state index in [1.54, 1.807) is 30.3 Å². The van der Waals surface area contributed by atoms with E-state index in [-0.39, 0.29) is 33.8 Å². The molecule has 0 N–H and O–H groups in total. The number of hydrogen-bond acceptors (Lipinski definition) is 5. The second-order valence-corrected chi connectivity index (χ2v) is 12.9. The third kappa shape index (κ3) is 3.97. The van der Waals surface area contributed by atoms with E-state index < -0.39 is 29.0 Å². The summed E-state index contributed by atoms with van der Waals surface area (Å²) in [7, 11) is 1.42. The quantitative estimate of drug-likeness (QED) is 0.175. The van der Waals surface area contributed by atoms with Crippen molar-refractivity contribution in [2.45, 2.75) is 12.3 Å². The summed E-state index contributed by atoms with van der Waals surface area (Å²) in [6.07, 6.45) is 0.